The summed E-state index contributed by atoms with van der Waals surface area (Å²) in [6, 6.07) is 7.35. The molecule has 0 bridgehead atoms. The molecule has 1 aromatic carbocycles. The Morgan fingerprint density at radius 2 is 2.00 bits per heavy atom. The van der Waals surface area contributed by atoms with Gasteiger partial charge in [0.15, 0.2) is 0 Å². The standard InChI is InChI=1S/C14H16N2O4S/c15-10-11-5-4-8-13(9-11)21(18,19)16-20-14(17)12-6-2-1-3-7-12/h4-5,8-9,12,16H,1-3,6-7H2. The molecule has 0 unspecified atom stereocenters. The minimum absolute atomic E-state index is 0.113. The van der Waals surface area contributed by atoms with E-state index in [-0.39, 0.29) is 16.4 Å². The predicted molar refractivity (Wildman–Crippen MR) is 74.1 cm³/mol. The van der Waals surface area contributed by atoms with Gasteiger partial charge in [0.05, 0.1) is 22.4 Å². The van der Waals surface area contributed by atoms with E-state index in [1.54, 1.807) is 0 Å². The minimum atomic E-state index is -3.97. The lowest BCUT2D eigenvalue weighted by Gasteiger charge is -2.19. The number of hydrogen-bond donors (Lipinski definition) is 1. The first-order valence-electron chi connectivity index (χ1n) is 6.75. The van der Waals surface area contributed by atoms with Crippen molar-refractivity contribution in [3.63, 3.8) is 0 Å². The third kappa shape index (κ3) is 4.03. The van der Waals surface area contributed by atoms with Crippen LogP contribution in [0.5, 0.6) is 0 Å². The molecule has 0 amide bonds. The number of benzene rings is 1. The maximum Gasteiger partial charge on any atom is 0.329 e. The molecule has 0 radical (unpaired) electrons. The number of carbonyl (C=O) groups is 1. The minimum Gasteiger partial charge on any atom is -0.355 e. The summed E-state index contributed by atoms with van der Waals surface area (Å²) in [4.78, 5) is 18.2. The first-order chi connectivity index (χ1) is 10.0. The molecule has 112 valence electrons. The maximum absolute atomic E-state index is 12.0. The molecule has 1 fully saturated rings. The SMILES string of the molecule is N#Cc1cccc(S(=O)(=O)NOC(=O)C2CCCCC2)c1. The molecule has 0 atom stereocenters. The highest BCUT2D eigenvalue weighted by Crippen LogP contribution is 2.24. The number of hydrogen-bond acceptors (Lipinski definition) is 5. The van der Waals surface area contributed by atoms with Crippen molar-refractivity contribution in [3.05, 3.63) is 29.8 Å². The average molecular weight is 308 g/mol. The van der Waals surface area contributed by atoms with Crippen LogP contribution in [0.3, 0.4) is 0 Å². The smallest absolute Gasteiger partial charge is 0.329 e. The van der Waals surface area contributed by atoms with Crippen LogP contribution < -0.4 is 4.89 Å². The van der Waals surface area contributed by atoms with Crippen molar-refractivity contribution >= 4 is 16.0 Å². The van der Waals surface area contributed by atoms with Gasteiger partial charge in [-0.05, 0) is 35.9 Å². The van der Waals surface area contributed by atoms with Crippen LogP contribution in [0.4, 0.5) is 0 Å². The van der Waals surface area contributed by atoms with Crippen molar-refractivity contribution < 1.29 is 18.0 Å². The summed E-state index contributed by atoms with van der Waals surface area (Å²) < 4.78 is 24.0. The van der Waals surface area contributed by atoms with E-state index in [4.69, 9.17) is 10.1 Å². The fraction of sp³-hybridized carbons (Fsp3) is 0.429. The molecule has 1 aliphatic carbocycles. The van der Waals surface area contributed by atoms with Gasteiger partial charge in [-0.2, -0.15) is 5.26 Å². The van der Waals surface area contributed by atoms with Crippen molar-refractivity contribution in [2.24, 2.45) is 5.92 Å². The van der Waals surface area contributed by atoms with Crippen LogP contribution in [-0.4, -0.2) is 14.4 Å². The van der Waals surface area contributed by atoms with Gasteiger partial charge in [-0.25, -0.2) is 8.42 Å². The van der Waals surface area contributed by atoms with Gasteiger partial charge in [-0.1, -0.05) is 25.3 Å². The summed E-state index contributed by atoms with van der Waals surface area (Å²) in [6.45, 7) is 0. The molecule has 0 aliphatic heterocycles. The molecule has 2 rings (SSSR count). The summed E-state index contributed by atoms with van der Waals surface area (Å²) >= 11 is 0. The Bertz CT molecular complexity index is 658. The van der Waals surface area contributed by atoms with Crippen LogP contribution in [-0.2, 0) is 19.7 Å². The van der Waals surface area contributed by atoms with Gasteiger partial charge in [0.25, 0.3) is 10.0 Å². The molecule has 1 aliphatic rings. The number of sulfonamides is 1. The highest BCUT2D eigenvalue weighted by atomic mass is 32.2. The van der Waals surface area contributed by atoms with Crippen LogP contribution in [0, 0.1) is 17.2 Å². The molecule has 0 aromatic heterocycles. The van der Waals surface area contributed by atoms with E-state index in [0.717, 1.165) is 32.1 Å². The normalized spacial score (nSPS) is 16.1. The van der Waals surface area contributed by atoms with E-state index in [0.29, 0.717) is 0 Å². The van der Waals surface area contributed by atoms with Crippen molar-refractivity contribution in [2.45, 2.75) is 37.0 Å². The Kier molecular flexibility index (Phi) is 4.94. The fourth-order valence-corrected chi connectivity index (χ4v) is 3.13. The Morgan fingerprint density at radius 3 is 2.67 bits per heavy atom. The van der Waals surface area contributed by atoms with Gasteiger partial charge in [-0.15, -0.1) is 0 Å². The zero-order chi connectivity index (χ0) is 15.3. The van der Waals surface area contributed by atoms with Crippen molar-refractivity contribution in [1.82, 2.24) is 4.89 Å². The molecular formula is C14H16N2O4S. The monoisotopic (exact) mass is 308 g/mol. The molecular weight excluding hydrogens is 292 g/mol. The van der Waals surface area contributed by atoms with Crippen molar-refractivity contribution in [1.29, 1.82) is 5.26 Å². The molecule has 0 spiro atoms. The van der Waals surface area contributed by atoms with Crippen LogP contribution in [0.15, 0.2) is 29.2 Å². The number of nitrogens with one attached hydrogen (secondary N) is 1. The van der Waals surface area contributed by atoms with E-state index in [1.165, 1.54) is 24.3 Å². The third-order valence-electron chi connectivity index (χ3n) is 3.46. The Hall–Kier alpha value is -1.91. The van der Waals surface area contributed by atoms with Gasteiger partial charge in [0, 0.05) is 0 Å². The lowest BCUT2D eigenvalue weighted by molar-refractivity contribution is -0.153. The quantitative estimate of drug-likeness (QED) is 0.857. The lowest BCUT2D eigenvalue weighted by Crippen LogP contribution is -2.31. The summed E-state index contributed by atoms with van der Waals surface area (Å²) in [5.41, 5.74) is 0.219. The first kappa shape index (κ1) is 15.5. The highest BCUT2D eigenvalue weighted by Gasteiger charge is 2.25. The molecule has 0 saturated heterocycles. The van der Waals surface area contributed by atoms with Gasteiger partial charge in [0.2, 0.25) is 0 Å². The zero-order valence-electron chi connectivity index (χ0n) is 11.4. The Labute approximate surface area is 123 Å². The molecule has 6 nitrogen and oxygen atoms in total. The molecule has 7 heteroatoms. The van der Waals surface area contributed by atoms with Crippen molar-refractivity contribution in [3.8, 4) is 6.07 Å². The molecule has 0 heterocycles. The van der Waals surface area contributed by atoms with Gasteiger partial charge < -0.3 is 4.84 Å². The second-order valence-electron chi connectivity index (χ2n) is 4.98. The molecule has 1 aromatic rings. The van der Waals surface area contributed by atoms with E-state index in [2.05, 4.69) is 0 Å². The predicted octanol–water partition coefficient (Wildman–Crippen LogP) is 1.88. The largest absolute Gasteiger partial charge is 0.355 e. The van der Waals surface area contributed by atoms with E-state index in [1.807, 2.05) is 11.0 Å². The number of nitrogens with zero attached hydrogens (tertiary/aromatic N) is 1. The second kappa shape index (κ2) is 6.70. The number of nitriles is 1. The van der Waals surface area contributed by atoms with Crippen LogP contribution >= 0.6 is 0 Å². The van der Waals surface area contributed by atoms with Crippen LogP contribution in [0.1, 0.15) is 37.7 Å². The van der Waals surface area contributed by atoms with Crippen LogP contribution in [0.25, 0.3) is 0 Å². The fourth-order valence-electron chi connectivity index (χ4n) is 2.30. The second-order valence-corrected chi connectivity index (χ2v) is 6.63. The molecule has 1 saturated carbocycles. The molecule has 21 heavy (non-hydrogen) atoms. The Morgan fingerprint density at radius 1 is 1.29 bits per heavy atom. The van der Waals surface area contributed by atoms with E-state index < -0.39 is 16.0 Å². The van der Waals surface area contributed by atoms with E-state index in [9.17, 15) is 13.2 Å². The topological polar surface area (TPSA) is 96.3 Å². The summed E-state index contributed by atoms with van der Waals surface area (Å²) in [6.07, 6.45) is 4.46. The summed E-state index contributed by atoms with van der Waals surface area (Å²) in [7, 11) is -3.97. The number of rotatable bonds is 4. The van der Waals surface area contributed by atoms with Gasteiger partial charge in [-0.3, -0.25) is 4.79 Å². The zero-order valence-corrected chi connectivity index (χ0v) is 12.2. The molecule has 1 N–H and O–H groups in total. The Balaban J connectivity index is 2.00. The average Bonchev–Trinajstić information content (AvgIpc) is 2.53. The maximum atomic E-state index is 12.0. The lowest BCUT2D eigenvalue weighted by atomic mass is 9.89. The van der Waals surface area contributed by atoms with E-state index >= 15 is 0 Å². The van der Waals surface area contributed by atoms with Gasteiger partial charge >= 0.3 is 5.97 Å². The summed E-state index contributed by atoms with van der Waals surface area (Å²) in [5.74, 6) is -0.790. The summed E-state index contributed by atoms with van der Waals surface area (Å²) in [5, 5.41) is 8.77. The highest BCUT2D eigenvalue weighted by molar-refractivity contribution is 7.89. The van der Waals surface area contributed by atoms with Crippen LogP contribution in [0.2, 0.25) is 0 Å². The van der Waals surface area contributed by atoms with Gasteiger partial charge in [0.1, 0.15) is 0 Å². The number of carbonyl (C=O) groups excluding carboxylic acids is 1. The first-order valence-corrected chi connectivity index (χ1v) is 8.24. The van der Waals surface area contributed by atoms with Crippen molar-refractivity contribution in [2.75, 3.05) is 0 Å². The third-order valence-corrected chi connectivity index (χ3v) is 4.64.